The Labute approximate surface area is 135 Å². The molecule has 0 aromatic heterocycles. The van der Waals surface area contributed by atoms with E-state index in [0.717, 1.165) is 5.56 Å². The highest BCUT2D eigenvalue weighted by Crippen LogP contribution is 2.19. The standard InChI is InChI=1S/C18H20N2O3/c1-12-6-4-5-7-17(12)23-13(2)18(22)20-16-10-8-15(9-11-16)19-14(3)21/h4-11,13H,1-3H3,(H,19,21)(H,20,22). The summed E-state index contributed by atoms with van der Waals surface area (Å²) in [6.45, 7) is 5.08. The third-order valence-corrected chi connectivity index (χ3v) is 3.24. The predicted molar refractivity (Wildman–Crippen MR) is 90.6 cm³/mol. The van der Waals surface area contributed by atoms with E-state index in [4.69, 9.17) is 4.74 Å². The summed E-state index contributed by atoms with van der Waals surface area (Å²) in [5.41, 5.74) is 2.30. The smallest absolute Gasteiger partial charge is 0.265 e. The SMILES string of the molecule is CC(=O)Nc1ccc(NC(=O)C(C)Oc2ccccc2C)cc1. The average Bonchev–Trinajstić information content (AvgIpc) is 2.51. The van der Waals surface area contributed by atoms with Crippen LogP contribution in [0.15, 0.2) is 48.5 Å². The van der Waals surface area contributed by atoms with Gasteiger partial charge in [-0.05, 0) is 49.7 Å². The second-order valence-corrected chi connectivity index (χ2v) is 5.27. The van der Waals surface area contributed by atoms with Gasteiger partial charge in [0.05, 0.1) is 0 Å². The number of hydrogen-bond donors (Lipinski definition) is 2. The largest absolute Gasteiger partial charge is 0.481 e. The van der Waals surface area contributed by atoms with Gasteiger partial charge in [-0.25, -0.2) is 0 Å². The maximum atomic E-state index is 12.2. The van der Waals surface area contributed by atoms with E-state index in [1.807, 2.05) is 31.2 Å². The third kappa shape index (κ3) is 4.85. The van der Waals surface area contributed by atoms with Crippen molar-refractivity contribution in [1.82, 2.24) is 0 Å². The minimum Gasteiger partial charge on any atom is -0.481 e. The molecule has 0 saturated heterocycles. The minimum atomic E-state index is -0.619. The Morgan fingerprint density at radius 1 is 0.957 bits per heavy atom. The Balaban J connectivity index is 1.95. The quantitative estimate of drug-likeness (QED) is 0.889. The molecule has 0 aliphatic rings. The average molecular weight is 312 g/mol. The number of anilines is 2. The van der Waals surface area contributed by atoms with E-state index in [9.17, 15) is 9.59 Å². The van der Waals surface area contributed by atoms with Gasteiger partial charge in [-0.15, -0.1) is 0 Å². The van der Waals surface area contributed by atoms with Crippen molar-refractivity contribution in [3.63, 3.8) is 0 Å². The van der Waals surface area contributed by atoms with Gasteiger partial charge in [0.15, 0.2) is 6.10 Å². The Morgan fingerprint density at radius 2 is 1.52 bits per heavy atom. The van der Waals surface area contributed by atoms with Crippen molar-refractivity contribution in [2.45, 2.75) is 26.9 Å². The molecule has 2 rings (SSSR count). The molecular formula is C18H20N2O3. The van der Waals surface area contributed by atoms with E-state index >= 15 is 0 Å². The van der Waals surface area contributed by atoms with Crippen LogP contribution in [0.4, 0.5) is 11.4 Å². The van der Waals surface area contributed by atoms with Crippen molar-refractivity contribution in [1.29, 1.82) is 0 Å². The van der Waals surface area contributed by atoms with Crippen LogP contribution < -0.4 is 15.4 Å². The van der Waals surface area contributed by atoms with Gasteiger partial charge in [-0.1, -0.05) is 18.2 Å². The van der Waals surface area contributed by atoms with Crippen molar-refractivity contribution < 1.29 is 14.3 Å². The number of nitrogens with one attached hydrogen (secondary N) is 2. The van der Waals surface area contributed by atoms with E-state index in [2.05, 4.69) is 10.6 Å². The van der Waals surface area contributed by atoms with Crippen molar-refractivity contribution in [2.24, 2.45) is 0 Å². The Hall–Kier alpha value is -2.82. The molecule has 0 aliphatic carbocycles. The number of carbonyl (C=O) groups is 2. The summed E-state index contributed by atoms with van der Waals surface area (Å²) in [6, 6.07) is 14.5. The van der Waals surface area contributed by atoms with Crippen molar-refractivity contribution in [3.8, 4) is 5.75 Å². The molecule has 1 atom stereocenters. The molecule has 2 aromatic carbocycles. The number of hydrogen-bond acceptors (Lipinski definition) is 3. The zero-order chi connectivity index (χ0) is 16.8. The van der Waals surface area contributed by atoms with E-state index in [-0.39, 0.29) is 11.8 Å². The van der Waals surface area contributed by atoms with Crippen LogP contribution in [0.5, 0.6) is 5.75 Å². The second-order valence-electron chi connectivity index (χ2n) is 5.27. The summed E-state index contributed by atoms with van der Waals surface area (Å²) < 4.78 is 5.69. The lowest BCUT2D eigenvalue weighted by molar-refractivity contribution is -0.122. The number of ether oxygens (including phenoxy) is 1. The fourth-order valence-electron chi connectivity index (χ4n) is 2.02. The number of para-hydroxylation sites is 1. The minimum absolute atomic E-state index is 0.137. The summed E-state index contributed by atoms with van der Waals surface area (Å²) in [6.07, 6.45) is -0.619. The van der Waals surface area contributed by atoms with Gasteiger partial charge in [0, 0.05) is 18.3 Å². The van der Waals surface area contributed by atoms with Crippen LogP contribution in [0.2, 0.25) is 0 Å². The lowest BCUT2D eigenvalue weighted by Crippen LogP contribution is -2.30. The van der Waals surface area contributed by atoms with Gasteiger partial charge in [0.1, 0.15) is 5.75 Å². The fourth-order valence-corrected chi connectivity index (χ4v) is 2.02. The number of amides is 2. The molecule has 0 radical (unpaired) electrons. The van der Waals surface area contributed by atoms with Gasteiger partial charge in [0.25, 0.3) is 5.91 Å². The maximum absolute atomic E-state index is 12.2. The highest BCUT2D eigenvalue weighted by atomic mass is 16.5. The first-order valence-electron chi connectivity index (χ1n) is 7.36. The van der Waals surface area contributed by atoms with Crippen LogP contribution in [0.1, 0.15) is 19.4 Å². The van der Waals surface area contributed by atoms with Gasteiger partial charge >= 0.3 is 0 Å². The van der Waals surface area contributed by atoms with Crippen LogP contribution in [0, 0.1) is 6.92 Å². The first-order chi connectivity index (χ1) is 11.0. The monoisotopic (exact) mass is 312 g/mol. The van der Waals surface area contributed by atoms with Crippen molar-refractivity contribution in [2.75, 3.05) is 10.6 Å². The molecule has 2 N–H and O–H groups in total. The lowest BCUT2D eigenvalue weighted by Gasteiger charge is -2.16. The highest BCUT2D eigenvalue weighted by molar-refractivity contribution is 5.94. The maximum Gasteiger partial charge on any atom is 0.265 e. The van der Waals surface area contributed by atoms with Crippen LogP contribution >= 0.6 is 0 Å². The molecular weight excluding hydrogens is 292 g/mol. The van der Waals surface area contributed by atoms with Crippen LogP contribution in [-0.2, 0) is 9.59 Å². The Morgan fingerprint density at radius 3 is 2.09 bits per heavy atom. The van der Waals surface area contributed by atoms with Crippen LogP contribution in [-0.4, -0.2) is 17.9 Å². The molecule has 23 heavy (non-hydrogen) atoms. The molecule has 2 aromatic rings. The van der Waals surface area contributed by atoms with E-state index in [1.165, 1.54) is 6.92 Å². The van der Waals surface area contributed by atoms with Gasteiger partial charge < -0.3 is 15.4 Å². The Kier molecular flexibility index (Phi) is 5.36. The first-order valence-corrected chi connectivity index (χ1v) is 7.36. The van der Waals surface area contributed by atoms with Crippen LogP contribution in [0.3, 0.4) is 0 Å². The van der Waals surface area contributed by atoms with Crippen LogP contribution in [0.25, 0.3) is 0 Å². The molecule has 0 aliphatic heterocycles. The first kappa shape index (κ1) is 16.5. The molecule has 0 spiro atoms. The summed E-state index contributed by atoms with van der Waals surface area (Å²) in [5.74, 6) is 0.318. The Bertz CT molecular complexity index is 696. The number of carbonyl (C=O) groups excluding carboxylic acids is 2. The lowest BCUT2D eigenvalue weighted by atomic mass is 10.2. The molecule has 0 fully saturated rings. The zero-order valence-corrected chi connectivity index (χ0v) is 13.4. The molecule has 0 bridgehead atoms. The topological polar surface area (TPSA) is 67.4 Å². The highest BCUT2D eigenvalue weighted by Gasteiger charge is 2.15. The van der Waals surface area contributed by atoms with Gasteiger partial charge in [-0.3, -0.25) is 9.59 Å². The summed E-state index contributed by atoms with van der Waals surface area (Å²) >= 11 is 0. The second kappa shape index (κ2) is 7.45. The molecule has 5 nitrogen and oxygen atoms in total. The number of rotatable bonds is 5. The number of benzene rings is 2. The van der Waals surface area contributed by atoms with Gasteiger partial charge in [-0.2, -0.15) is 0 Å². The molecule has 1 unspecified atom stereocenters. The van der Waals surface area contributed by atoms with E-state index in [0.29, 0.717) is 17.1 Å². The normalized spacial score (nSPS) is 11.4. The fraction of sp³-hybridized carbons (Fsp3) is 0.222. The summed E-state index contributed by atoms with van der Waals surface area (Å²) in [7, 11) is 0. The van der Waals surface area contributed by atoms with E-state index < -0.39 is 6.10 Å². The van der Waals surface area contributed by atoms with Crippen molar-refractivity contribution in [3.05, 3.63) is 54.1 Å². The molecule has 2 amide bonds. The number of aryl methyl sites for hydroxylation is 1. The predicted octanol–water partition coefficient (Wildman–Crippen LogP) is 3.36. The van der Waals surface area contributed by atoms with Gasteiger partial charge in [0.2, 0.25) is 5.91 Å². The van der Waals surface area contributed by atoms with E-state index in [1.54, 1.807) is 31.2 Å². The molecule has 120 valence electrons. The third-order valence-electron chi connectivity index (χ3n) is 3.24. The summed E-state index contributed by atoms with van der Waals surface area (Å²) in [4.78, 5) is 23.2. The summed E-state index contributed by atoms with van der Waals surface area (Å²) in [5, 5.41) is 5.46. The molecule has 5 heteroatoms. The zero-order valence-electron chi connectivity index (χ0n) is 13.4. The molecule has 0 saturated carbocycles. The molecule has 0 heterocycles. The van der Waals surface area contributed by atoms with Crippen molar-refractivity contribution >= 4 is 23.2 Å².